The molecule has 108 valence electrons. The van der Waals surface area contributed by atoms with Gasteiger partial charge in [-0.25, -0.2) is 4.79 Å². The van der Waals surface area contributed by atoms with Crippen molar-refractivity contribution in [1.82, 2.24) is 9.47 Å². The van der Waals surface area contributed by atoms with Gasteiger partial charge in [-0.05, 0) is 25.6 Å². The maximum absolute atomic E-state index is 11.8. The highest BCUT2D eigenvalue weighted by atomic mass is 16.4. The largest absolute Gasteiger partial charge is 0.480 e. The van der Waals surface area contributed by atoms with Crippen LogP contribution in [0.25, 0.3) is 11.1 Å². The molecule has 0 fully saturated rings. The standard InChI is InChI=1S/C14H18N2O4/c1-3-10(13(17)18)15(2)8-9-16-11-6-4-5-7-12(11)20-14(16)19/h4-7,10H,3,8-9H2,1-2H3,(H,17,18). The first-order valence-electron chi connectivity index (χ1n) is 6.56. The number of oxazole rings is 1. The number of nitrogens with zero attached hydrogens (tertiary/aromatic N) is 2. The Hall–Kier alpha value is -2.08. The molecular formula is C14H18N2O4. The third-order valence-corrected chi connectivity index (χ3v) is 3.45. The fourth-order valence-electron chi connectivity index (χ4n) is 2.31. The van der Waals surface area contributed by atoms with Crippen molar-refractivity contribution < 1.29 is 14.3 Å². The van der Waals surface area contributed by atoms with E-state index < -0.39 is 17.8 Å². The maximum atomic E-state index is 11.8. The zero-order valence-corrected chi connectivity index (χ0v) is 11.6. The highest BCUT2D eigenvalue weighted by Gasteiger charge is 2.20. The lowest BCUT2D eigenvalue weighted by molar-refractivity contribution is -0.142. The molecule has 0 saturated carbocycles. The van der Waals surface area contributed by atoms with E-state index in [0.717, 1.165) is 5.52 Å². The monoisotopic (exact) mass is 278 g/mol. The number of rotatable bonds is 6. The molecule has 0 aliphatic rings. The minimum absolute atomic E-state index is 0.399. The molecule has 1 atom stereocenters. The average molecular weight is 278 g/mol. The number of fused-ring (bicyclic) bond motifs is 1. The number of hydrogen-bond donors (Lipinski definition) is 1. The predicted octanol–water partition coefficient (Wildman–Crippen LogP) is 1.39. The number of aliphatic carboxylic acids is 1. The molecule has 20 heavy (non-hydrogen) atoms. The summed E-state index contributed by atoms with van der Waals surface area (Å²) in [6.45, 7) is 2.69. The minimum Gasteiger partial charge on any atom is -0.480 e. The van der Waals surface area contributed by atoms with Gasteiger partial charge in [0.25, 0.3) is 0 Å². The molecule has 0 bridgehead atoms. The maximum Gasteiger partial charge on any atom is 0.419 e. The summed E-state index contributed by atoms with van der Waals surface area (Å²) in [5.41, 5.74) is 1.28. The second-order valence-corrected chi connectivity index (χ2v) is 4.73. The van der Waals surface area contributed by atoms with Crippen molar-refractivity contribution in [3.05, 3.63) is 34.8 Å². The van der Waals surface area contributed by atoms with Crippen LogP contribution in [0.2, 0.25) is 0 Å². The Morgan fingerprint density at radius 2 is 2.15 bits per heavy atom. The van der Waals surface area contributed by atoms with Crippen molar-refractivity contribution in [2.75, 3.05) is 13.6 Å². The van der Waals surface area contributed by atoms with Crippen LogP contribution >= 0.6 is 0 Å². The van der Waals surface area contributed by atoms with Crippen LogP contribution in [0.5, 0.6) is 0 Å². The molecule has 1 unspecified atom stereocenters. The molecule has 1 heterocycles. The van der Waals surface area contributed by atoms with E-state index in [1.165, 1.54) is 4.57 Å². The van der Waals surface area contributed by atoms with E-state index >= 15 is 0 Å². The molecule has 0 aliphatic heterocycles. The van der Waals surface area contributed by atoms with Crippen LogP contribution in [-0.4, -0.2) is 40.2 Å². The van der Waals surface area contributed by atoms with Gasteiger partial charge in [0.1, 0.15) is 6.04 Å². The van der Waals surface area contributed by atoms with Crippen LogP contribution < -0.4 is 5.76 Å². The summed E-state index contributed by atoms with van der Waals surface area (Å²) in [6.07, 6.45) is 0.521. The lowest BCUT2D eigenvalue weighted by atomic mass is 10.2. The highest BCUT2D eigenvalue weighted by molar-refractivity contribution is 5.73. The second-order valence-electron chi connectivity index (χ2n) is 4.73. The SMILES string of the molecule is CCC(C(=O)O)N(C)CCn1c(=O)oc2ccccc21. The van der Waals surface area contributed by atoms with Crippen molar-refractivity contribution in [3.8, 4) is 0 Å². The second kappa shape index (κ2) is 5.92. The van der Waals surface area contributed by atoms with Gasteiger partial charge in [0, 0.05) is 13.1 Å². The molecule has 2 rings (SSSR count). The fourth-order valence-corrected chi connectivity index (χ4v) is 2.31. The molecule has 1 aromatic carbocycles. The van der Waals surface area contributed by atoms with Crippen LogP contribution in [0.4, 0.5) is 0 Å². The van der Waals surface area contributed by atoms with E-state index in [1.807, 2.05) is 19.1 Å². The normalized spacial score (nSPS) is 12.9. The van der Waals surface area contributed by atoms with Crippen molar-refractivity contribution in [2.45, 2.75) is 25.9 Å². The van der Waals surface area contributed by atoms with Crippen molar-refractivity contribution in [1.29, 1.82) is 0 Å². The van der Waals surface area contributed by atoms with Gasteiger partial charge in [0.15, 0.2) is 5.58 Å². The van der Waals surface area contributed by atoms with Gasteiger partial charge in [-0.2, -0.15) is 0 Å². The molecule has 0 aliphatic carbocycles. The molecule has 1 aromatic heterocycles. The van der Waals surface area contributed by atoms with Crippen LogP contribution in [0, 0.1) is 0 Å². The Bertz CT molecular complexity index is 658. The Morgan fingerprint density at radius 1 is 1.45 bits per heavy atom. The number of aromatic nitrogens is 1. The number of benzene rings is 1. The topological polar surface area (TPSA) is 75.7 Å². The van der Waals surface area contributed by atoms with Gasteiger partial charge in [-0.15, -0.1) is 0 Å². The van der Waals surface area contributed by atoms with E-state index in [1.54, 1.807) is 24.1 Å². The van der Waals surface area contributed by atoms with E-state index in [0.29, 0.717) is 25.1 Å². The van der Waals surface area contributed by atoms with Gasteiger partial charge in [-0.1, -0.05) is 19.1 Å². The van der Waals surface area contributed by atoms with Gasteiger partial charge in [-0.3, -0.25) is 14.3 Å². The van der Waals surface area contributed by atoms with Gasteiger partial charge in [0.05, 0.1) is 5.52 Å². The summed E-state index contributed by atoms with van der Waals surface area (Å²) in [4.78, 5) is 24.6. The third kappa shape index (κ3) is 2.75. The van der Waals surface area contributed by atoms with Gasteiger partial charge >= 0.3 is 11.7 Å². The minimum atomic E-state index is -0.848. The Kier molecular flexibility index (Phi) is 4.24. The smallest absolute Gasteiger partial charge is 0.419 e. The van der Waals surface area contributed by atoms with Crippen LogP contribution in [0.3, 0.4) is 0 Å². The number of likely N-dealkylation sites (N-methyl/N-ethyl adjacent to an activating group) is 1. The van der Waals surface area contributed by atoms with Gasteiger partial charge in [0.2, 0.25) is 0 Å². The Balaban J connectivity index is 2.15. The first-order valence-corrected chi connectivity index (χ1v) is 6.56. The Morgan fingerprint density at radius 3 is 2.80 bits per heavy atom. The van der Waals surface area contributed by atoms with Crippen LogP contribution in [-0.2, 0) is 11.3 Å². The number of para-hydroxylation sites is 2. The summed E-state index contributed by atoms with van der Waals surface area (Å²) in [5, 5.41) is 9.10. The van der Waals surface area contributed by atoms with Crippen LogP contribution in [0.15, 0.2) is 33.5 Å². The summed E-state index contributed by atoms with van der Waals surface area (Å²) in [7, 11) is 1.75. The summed E-state index contributed by atoms with van der Waals surface area (Å²) < 4.78 is 6.67. The molecule has 2 aromatic rings. The summed E-state index contributed by atoms with van der Waals surface area (Å²) >= 11 is 0. The molecule has 0 amide bonds. The van der Waals surface area contributed by atoms with E-state index in [9.17, 15) is 9.59 Å². The molecule has 0 radical (unpaired) electrons. The first-order chi connectivity index (χ1) is 9.54. The lowest BCUT2D eigenvalue weighted by Crippen LogP contribution is -2.40. The highest BCUT2D eigenvalue weighted by Crippen LogP contribution is 2.12. The molecule has 0 saturated heterocycles. The zero-order valence-electron chi connectivity index (χ0n) is 11.6. The molecular weight excluding hydrogens is 260 g/mol. The Labute approximate surface area is 116 Å². The van der Waals surface area contributed by atoms with Crippen molar-refractivity contribution in [2.24, 2.45) is 0 Å². The number of carbonyl (C=O) groups is 1. The van der Waals surface area contributed by atoms with E-state index in [4.69, 9.17) is 9.52 Å². The summed E-state index contributed by atoms with van der Waals surface area (Å²) in [5.74, 6) is -1.26. The molecule has 6 heteroatoms. The number of hydrogen-bond acceptors (Lipinski definition) is 4. The van der Waals surface area contributed by atoms with Crippen molar-refractivity contribution in [3.63, 3.8) is 0 Å². The van der Waals surface area contributed by atoms with Gasteiger partial charge < -0.3 is 9.52 Å². The molecule has 0 spiro atoms. The molecule has 6 nitrogen and oxygen atoms in total. The fraction of sp³-hybridized carbons (Fsp3) is 0.429. The summed E-state index contributed by atoms with van der Waals surface area (Å²) in [6, 6.07) is 6.66. The van der Waals surface area contributed by atoms with Crippen LogP contribution in [0.1, 0.15) is 13.3 Å². The first kappa shape index (κ1) is 14.3. The van der Waals surface area contributed by atoms with E-state index in [2.05, 4.69) is 0 Å². The average Bonchev–Trinajstić information content (AvgIpc) is 2.72. The molecule has 1 N–H and O–H groups in total. The zero-order chi connectivity index (χ0) is 14.7. The predicted molar refractivity (Wildman–Crippen MR) is 74.8 cm³/mol. The van der Waals surface area contributed by atoms with Crippen molar-refractivity contribution >= 4 is 17.1 Å². The lowest BCUT2D eigenvalue weighted by Gasteiger charge is -2.23. The third-order valence-electron chi connectivity index (χ3n) is 3.45. The van der Waals surface area contributed by atoms with E-state index in [-0.39, 0.29) is 0 Å². The number of carboxylic acid groups (broad SMARTS) is 1. The quantitative estimate of drug-likeness (QED) is 0.864. The number of carboxylic acids is 1.